The van der Waals surface area contributed by atoms with Crippen LogP contribution in [-0.4, -0.2) is 46.6 Å². The minimum atomic E-state index is -4.68. The molecule has 9 nitrogen and oxygen atoms in total. The molecule has 1 aromatic heterocycles. The fraction of sp³-hybridized carbons (Fsp3) is 0.400. The van der Waals surface area contributed by atoms with Gasteiger partial charge in [0.2, 0.25) is 0 Å². The maximum Gasteiger partial charge on any atom is 0.573 e. The van der Waals surface area contributed by atoms with Crippen molar-refractivity contribution in [2.45, 2.75) is 38.3 Å². The summed E-state index contributed by atoms with van der Waals surface area (Å²) in [4.78, 5) is 16.4. The molecule has 2 aromatic carbocycles. The van der Waals surface area contributed by atoms with Gasteiger partial charge in [-0.3, -0.25) is 4.57 Å². The zero-order valence-electron chi connectivity index (χ0n) is 19.8. The van der Waals surface area contributed by atoms with Crippen LogP contribution in [0.5, 0.6) is 17.5 Å². The van der Waals surface area contributed by atoms with Gasteiger partial charge in [0, 0.05) is 23.8 Å². The predicted octanol–water partition coefficient (Wildman–Crippen LogP) is 4.99. The Labute approximate surface area is 210 Å². The third-order valence-corrected chi connectivity index (χ3v) is 6.52. The average molecular weight is 518 g/mol. The summed E-state index contributed by atoms with van der Waals surface area (Å²) < 4.78 is 54.0. The number of fused-ring (bicyclic) bond motifs is 1. The second-order valence-electron chi connectivity index (χ2n) is 9.16. The van der Waals surface area contributed by atoms with Crippen LogP contribution < -0.4 is 19.1 Å². The monoisotopic (exact) mass is 518 g/mol. The van der Waals surface area contributed by atoms with E-state index in [9.17, 15) is 23.3 Å². The van der Waals surface area contributed by atoms with Crippen molar-refractivity contribution < 1.29 is 32.3 Å². The number of hydrogen-bond acceptors (Lipinski definition) is 7. The standard InChI is InChI=1S/C25H25F3N4O5/c26-25(27,28)37-21-5-1-17(2-6-21)13-18-9-11-30(12-10-18)19-3-7-20(8-4-19)35-16-22-14-31-15-23(32(33)34)29-24(31)36-22/h1-8,15,18,22H,9-14,16H2/t22-/m1/s1. The highest BCUT2D eigenvalue weighted by Gasteiger charge is 2.32. The highest BCUT2D eigenvalue weighted by Crippen LogP contribution is 2.29. The second-order valence-corrected chi connectivity index (χ2v) is 9.16. The van der Waals surface area contributed by atoms with Crippen molar-refractivity contribution in [2.75, 3.05) is 24.6 Å². The zero-order chi connectivity index (χ0) is 26.0. The van der Waals surface area contributed by atoms with E-state index in [0.717, 1.165) is 43.6 Å². The molecule has 1 atom stereocenters. The highest BCUT2D eigenvalue weighted by atomic mass is 19.4. The van der Waals surface area contributed by atoms with Crippen LogP contribution in [0.2, 0.25) is 0 Å². The molecule has 0 amide bonds. The van der Waals surface area contributed by atoms with Crippen molar-refractivity contribution in [3.05, 3.63) is 70.4 Å². The van der Waals surface area contributed by atoms with E-state index in [1.807, 2.05) is 24.3 Å². The Morgan fingerprint density at radius 3 is 2.35 bits per heavy atom. The molecule has 12 heteroatoms. The number of benzene rings is 2. The normalized spacial score (nSPS) is 17.8. The number of ether oxygens (including phenoxy) is 3. The van der Waals surface area contributed by atoms with Crippen molar-refractivity contribution in [1.82, 2.24) is 9.55 Å². The molecule has 0 aliphatic carbocycles. The van der Waals surface area contributed by atoms with Crippen molar-refractivity contribution in [1.29, 1.82) is 0 Å². The van der Waals surface area contributed by atoms with Crippen LogP contribution in [0.15, 0.2) is 54.7 Å². The van der Waals surface area contributed by atoms with Crippen molar-refractivity contribution in [3.8, 4) is 17.5 Å². The van der Waals surface area contributed by atoms with E-state index in [1.54, 1.807) is 16.7 Å². The first kappa shape index (κ1) is 24.7. The maximum atomic E-state index is 12.3. The van der Waals surface area contributed by atoms with E-state index in [2.05, 4.69) is 14.6 Å². The van der Waals surface area contributed by atoms with Crippen molar-refractivity contribution in [2.24, 2.45) is 5.92 Å². The molecule has 0 radical (unpaired) electrons. The Hall–Kier alpha value is -3.96. The number of hydrogen-bond donors (Lipinski definition) is 0. The molecule has 0 unspecified atom stereocenters. The lowest BCUT2D eigenvalue weighted by Gasteiger charge is -2.33. The van der Waals surface area contributed by atoms with Gasteiger partial charge in [-0.25, -0.2) is 0 Å². The minimum Gasteiger partial charge on any atom is -0.490 e. The summed E-state index contributed by atoms with van der Waals surface area (Å²) in [6.07, 6.45) is -0.785. The SMILES string of the molecule is O=[N+]([O-])c1cn2c(n1)O[C@@H](COc1ccc(N3CCC(Cc4ccc(OC(F)(F)F)cc4)CC3)cc1)C2. The molecule has 3 aromatic rings. The number of nitrogens with zero attached hydrogens (tertiary/aromatic N) is 4. The Bertz CT molecular complexity index is 1200. The molecule has 37 heavy (non-hydrogen) atoms. The second kappa shape index (κ2) is 10.2. The lowest BCUT2D eigenvalue weighted by molar-refractivity contribution is -0.389. The lowest BCUT2D eigenvalue weighted by atomic mass is 9.90. The van der Waals surface area contributed by atoms with Crippen molar-refractivity contribution in [3.63, 3.8) is 0 Å². The third-order valence-electron chi connectivity index (χ3n) is 6.52. The first-order chi connectivity index (χ1) is 17.7. The lowest BCUT2D eigenvalue weighted by Crippen LogP contribution is -2.34. The van der Waals surface area contributed by atoms with Gasteiger partial charge in [-0.1, -0.05) is 12.1 Å². The Kier molecular flexibility index (Phi) is 6.81. The quantitative estimate of drug-likeness (QED) is 0.307. The van der Waals surface area contributed by atoms with E-state index >= 15 is 0 Å². The van der Waals surface area contributed by atoms with Crippen LogP contribution in [0.4, 0.5) is 24.7 Å². The van der Waals surface area contributed by atoms with Gasteiger partial charge in [0.05, 0.1) is 6.54 Å². The molecular weight excluding hydrogens is 493 g/mol. The molecule has 0 bridgehead atoms. The molecule has 2 aliphatic heterocycles. The fourth-order valence-electron chi connectivity index (χ4n) is 4.69. The largest absolute Gasteiger partial charge is 0.573 e. The molecular formula is C25H25F3N4O5. The highest BCUT2D eigenvalue weighted by molar-refractivity contribution is 5.49. The number of nitro groups is 1. The smallest absolute Gasteiger partial charge is 0.490 e. The molecule has 5 rings (SSSR count). The molecule has 1 fully saturated rings. The van der Waals surface area contributed by atoms with Crippen LogP contribution >= 0.6 is 0 Å². The average Bonchev–Trinajstić information content (AvgIpc) is 3.43. The van der Waals surface area contributed by atoms with Gasteiger partial charge in [0.15, 0.2) is 6.10 Å². The first-order valence-corrected chi connectivity index (χ1v) is 11.9. The van der Waals surface area contributed by atoms with Crippen LogP contribution in [0.25, 0.3) is 0 Å². The molecule has 3 heterocycles. The number of piperidine rings is 1. The van der Waals surface area contributed by atoms with Crippen molar-refractivity contribution >= 4 is 11.5 Å². The predicted molar refractivity (Wildman–Crippen MR) is 127 cm³/mol. The zero-order valence-corrected chi connectivity index (χ0v) is 19.8. The summed E-state index contributed by atoms with van der Waals surface area (Å²) in [5.74, 6) is 0.738. The van der Waals surface area contributed by atoms with Crippen LogP contribution in [-0.2, 0) is 13.0 Å². The Balaban J connectivity index is 1.05. The summed E-state index contributed by atoms with van der Waals surface area (Å²) in [6, 6.07) is 14.2. The minimum absolute atomic E-state index is 0.201. The number of aromatic nitrogens is 2. The molecule has 1 saturated heterocycles. The first-order valence-electron chi connectivity index (χ1n) is 11.9. The summed E-state index contributed by atoms with van der Waals surface area (Å²) in [5, 5.41) is 10.8. The Morgan fingerprint density at radius 2 is 1.73 bits per heavy atom. The summed E-state index contributed by atoms with van der Waals surface area (Å²) in [5.41, 5.74) is 2.10. The van der Waals surface area contributed by atoms with Crippen LogP contribution in [0.3, 0.4) is 0 Å². The molecule has 0 saturated carbocycles. The van der Waals surface area contributed by atoms with Gasteiger partial charge in [-0.15, -0.1) is 13.2 Å². The van der Waals surface area contributed by atoms with Gasteiger partial charge < -0.3 is 29.2 Å². The number of imidazole rings is 1. The van der Waals surface area contributed by atoms with Gasteiger partial charge in [0.25, 0.3) is 0 Å². The summed E-state index contributed by atoms with van der Waals surface area (Å²) in [7, 11) is 0. The number of anilines is 1. The van der Waals surface area contributed by atoms with Gasteiger partial charge >= 0.3 is 18.2 Å². The molecule has 0 spiro atoms. The van der Waals surface area contributed by atoms with E-state index in [4.69, 9.17) is 9.47 Å². The Morgan fingerprint density at radius 1 is 1.05 bits per heavy atom. The van der Waals surface area contributed by atoms with E-state index in [1.165, 1.54) is 18.3 Å². The van der Waals surface area contributed by atoms with E-state index < -0.39 is 11.3 Å². The van der Waals surface area contributed by atoms with Gasteiger partial charge in [0.1, 0.15) is 24.3 Å². The van der Waals surface area contributed by atoms with Gasteiger partial charge in [-0.05, 0) is 72.1 Å². The van der Waals surface area contributed by atoms with E-state index in [0.29, 0.717) is 24.8 Å². The molecule has 0 N–H and O–H groups in total. The fourth-order valence-corrected chi connectivity index (χ4v) is 4.69. The number of rotatable bonds is 8. The maximum absolute atomic E-state index is 12.3. The summed E-state index contributed by atoms with van der Waals surface area (Å²) >= 11 is 0. The number of alkyl halides is 3. The summed E-state index contributed by atoms with van der Waals surface area (Å²) in [6.45, 7) is 2.53. The third kappa shape index (κ3) is 6.25. The van der Waals surface area contributed by atoms with E-state index in [-0.39, 0.29) is 23.7 Å². The number of halogens is 3. The van der Waals surface area contributed by atoms with Gasteiger partial charge in [-0.2, -0.15) is 0 Å². The topological polar surface area (TPSA) is 91.9 Å². The molecule has 2 aliphatic rings. The van der Waals surface area contributed by atoms with Crippen LogP contribution in [0.1, 0.15) is 18.4 Å². The van der Waals surface area contributed by atoms with Crippen LogP contribution in [0, 0.1) is 16.0 Å². The molecule has 196 valence electrons.